The molecule has 3 atom stereocenters. The Labute approximate surface area is 244 Å². The number of carbonyl (C=O) groups excluding carboxylic acids is 3. The van der Waals surface area contributed by atoms with Gasteiger partial charge in [0.25, 0.3) is 5.91 Å². The van der Waals surface area contributed by atoms with Gasteiger partial charge in [-0.25, -0.2) is 22.4 Å². The minimum Gasteiger partial charge on any atom is -0.450 e. The van der Waals surface area contributed by atoms with E-state index in [0.29, 0.717) is 23.4 Å². The SMILES string of the molecule is CCOC(=O)N1C/C(=C\c2ccc(F)cc2F)C(=O)[C@@]2(C1)[C@H](c1ccc(F)cc1F)CN(C)[C@]21C(=O)Nc2ccccc21. The Hall–Kier alpha value is -4.51. The van der Waals surface area contributed by atoms with Crippen molar-refractivity contribution in [1.29, 1.82) is 0 Å². The van der Waals surface area contributed by atoms with Crippen LogP contribution in [-0.2, 0) is 19.9 Å². The van der Waals surface area contributed by atoms with Crippen LogP contribution in [0.25, 0.3) is 6.08 Å². The molecular weight excluding hydrogens is 566 g/mol. The van der Waals surface area contributed by atoms with Crippen LogP contribution in [-0.4, -0.2) is 60.9 Å². The van der Waals surface area contributed by atoms with Crippen LogP contribution < -0.4 is 5.32 Å². The number of ketones is 1. The molecule has 0 unspecified atom stereocenters. The molecule has 0 aromatic heterocycles. The molecule has 3 heterocycles. The standard InChI is InChI=1S/C32H27F4N3O4/c1-3-43-30(42)39-15-19(12-18-8-9-20(33)13-25(18)35)28(40)31(17-39)24(22-11-10-21(34)14-26(22)36)16-38(2)32(31)23-6-4-5-7-27(23)37-29(32)41/h4-14,24H,3,15-17H2,1-2H3,(H,37,41)/b19-12+/t24-,31+,32+/m0/s1. The molecule has 2 amide bonds. The van der Waals surface area contributed by atoms with Gasteiger partial charge in [0, 0.05) is 53.5 Å². The number of fused-ring (bicyclic) bond motifs is 3. The quantitative estimate of drug-likeness (QED) is 0.333. The molecule has 2 saturated heterocycles. The summed E-state index contributed by atoms with van der Waals surface area (Å²) >= 11 is 0. The number of likely N-dealkylation sites (tertiary alicyclic amines) is 2. The van der Waals surface area contributed by atoms with Crippen LogP contribution in [0, 0.1) is 28.7 Å². The zero-order valence-corrected chi connectivity index (χ0v) is 23.3. The van der Waals surface area contributed by atoms with E-state index < -0.39 is 57.9 Å². The molecule has 3 aliphatic rings. The summed E-state index contributed by atoms with van der Waals surface area (Å²) in [7, 11) is 1.63. The summed E-state index contributed by atoms with van der Waals surface area (Å²) in [4.78, 5) is 45.5. The average molecular weight is 594 g/mol. The zero-order chi connectivity index (χ0) is 30.7. The minimum atomic E-state index is -1.88. The van der Waals surface area contributed by atoms with Crippen molar-refractivity contribution in [1.82, 2.24) is 9.80 Å². The van der Waals surface area contributed by atoms with Gasteiger partial charge in [-0.1, -0.05) is 24.3 Å². The summed E-state index contributed by atoms with van der Waals surface area (Å²) in [6.45, 7) is 0.923. The second-order valence-corrected chi connectivity index (χ2v) is 11.0. The van der Waals surface area contributed by atoms with Crippen molar-refractivity contribution in [3.05, 3.63) is 106 Å². The number of rotatable bonds is 3. The van der Waals surface area contributed by atoms with Crippen molar-refractivity contribution in [2.75, 3.05) is 38.6 Å². The topological polar surface area (TPSA) is 79.0 Å². The number of Topliss-reactive ketones (excluding diaryl/α,β-unsaturated/α-hetero) is 1. The number of hydrogen-bond donors (Lipinski definition) is 1. The fourth-order valence-electron chi connectivity index (χ4n) is 7.17. The third-order valence-electron chi connectivity index (χ3n) is 8.82. The molecule has 0 bridgehead atoms. The Morgan fingerprint density at radius 3 is 2.42 bits per heavy atom. The van der Waals surface area contributed by atoms with Crippen LogP contribution in [0.2, 0.25) is 0 Å². The molecule has 222 valence electrons. The van der Waals surface area contributed by atoms with E-state index in [1.54, 1.807) is 43.1 Å². The van der Waals surface area contributed by atoms with Crippen LogP contribution in [0.3, 0.4) is 0 Å². The van der Waals surface area contributed by atoms with Gasteiger partial charge in [-0.15, -0.1) is 0 Å². The summed E-state index contributed by atoms with van der Waals surface area (Å²) in [6.07, 6.45) is 0.419. The molecule has 43 heavy (non-hydrogen) atoms. The highest BCUT2D eigenvalue weighted by molar-refractivity contribution is 6.16. The first-order valence-corrected chi connectivity index (χ1v) is 13.7. The summed E-state index contributed by atoms with van der Waals surface area (Å²) in [5.74, 6) is -5.75. The van der Waals surface area contributed by atoms with Gasteiger partial charge in [0.2, 0.25) is 0 Å². The summed E-state index contributed by atoms with van der Waals surface area (Å²) in [5, 5.41) is 2.86. The summed E-state index contributed by atoms with van der Waals surface area (Å²) in [6, 6.07) is 12.7. The molecule has 3 aromatic rings. The molecule has 1 N–H and O–H groups in total. The molecule has 3 aromatic carbocycles. The fourth-order valence-corrected chi connectivity index (χ4v) is 7.17. The van der Waals surface area contributed by atoms with Gasteiger partial charge in [0.1, 0.15) is 28.8 Å². The normalized spacial score (nSPS) is 26.0. The second kappa shape index (κ2) is 10.3. The van der Waals surface area contributed by atoms with Gasteiger partial charge in [0.15, 0.2) is 5.78 Å². The third-order valence-corrected chi connectivity index (χ3v) is 8.82. The smallest absolute Gasteiger partial charge is 0.410 e. The number of hydrogen-bond acceptors (Lipinski definition) is 5. The first kappa shape index (κ1) is 28.6. The van der Waals surface area contributed by atoms with Crippen LogP contribution in [0.4, 0.5) is 28.0 Å². The van der Waals surface area contributed by atoms with E-state index >= 15 is 9.18 Å². The number of carbonyl (C=O) groups is 3. The molecule has 11 heteroatoms. The van der Waals surface area contributed by atoms with E-state index in [1.165, 1.54) is 17.0 Å². The van der Waals surface area contributed by atoms with Crippen molar-refractivity contribution < 1.29 is 36.7 Å². The van der Waals surface area contributed by atoms with Gasteiger partial charge in [-0.3, -0.25) is 14.5 Å². The van der Waals surface area contributed by atoms with Crippen LogP contribution in [0.1, 0.15) is 29.5 Å². The summed E-state index contributed by atoms with van der Waals surface area (Å²) in [5.41, 5.74) is -2.96. The Kier molecular flexibility index (Phi) is 6.88. The maximum absolute atomic E-state index is 15.6. The highest BCUT2D eigenvalue weighted by atomic mass is 19.1. The molecule has 7 nitrogen and oxygen atoms in total. The maximum Gasteiger partial charge on any atom is 0.410 e. The van der Waals surface area contributed by atoms with Crippen molar-refractivity contribution in [3.63, 3.8) is 0 Å². The Balaban J connectivity index is 1.67. The van der Waals surface area contributed by atoms with E-state index in [4.69, 9.17) is 4.74 Å². The van der Waals surface area contributed by atoms with Crippen LogP contribution >= 0.6 is 0 Å². The van der Waals surface area contributed by atoms with Gasteiger partial charge in [-0.2, -0.15) is 0 Å². The molecule has 6 rings (SSSR count). The van der Waals surface area contributed by atoms with Crippen molar-refractivity contribution in [3.8, 4) is 0 Å². The predicted molar refractivity (Wildman–Crippen MR) is 149 cm³/mol. The number of likely N-dealkylation sites (N-methyl/N-ethyl adjacent to an activating group) is 1. The molecule has 0 radical (unpaired) electrons. The van der Waals surface area contributed by atoms with E-state index in [2.05, 4.69) is 5.32 Å². The Morgan fingerprint density at radius 2 is 1.72 bits per heavy atom. The van der Waals surface area contributed by atoms with Gasteiger partial charge < -0.3 is 15.0 Å². The van der Waals surface area contributed by atoms with Crippen molar-refractivity contribution in [2.45, 2.75) is 18.4 Å². The fraction of sp³-hybridized carbons (Fsp3) is 0.281. The number of amides is 2. The summed E-state index contributed by atoms with van der Waals surface area (Å²) < 4.78 is 63.6. The molecule has 2 fully saturated rings. The number of para-hydroxylation sites is 1. The molecule has 3 aliphatic heterocycles. The molecule has 0 saturated carbocycles. The number of anilines is 1. The lowest BCUT2D eigenvalue weighted by Gasteiger charge is -2.50. The number of nitrogens with one attached hydrogen (secondary N) is 1. The maximum atomic E-state index is 15.6. The first-order chi connectivity index (χ1) is 20.5. The monoisotopic (exact) mass is 593 g/mol. The lowest BCUT2D eigenvalue weighted by molar-refractivity contribution is -0.146. The molecular formula is C32H27F4N3O4. The first-order valence-electron chi connectivity index (χ1n) is 13.7. The third kappa shape index (κ3) is 4.09. The Bertz CT molecular complexity index is 1710. The second-order valence-electron chi connectivity index (χ2n) is 11.0. The lowest BCUT2D eigenvalue weighted by Crippen LogP contribution is -2.66. The highest BCUT2D eigenvalue weighted by Gasteiger charge is 2.75. The van der Waals surface area contributed by atoms with E-state index in [-0.39, 0.29) is 42.9 Å². The van der Waals surface area contributed by atoms with Gasteiger partial charge in [0.05, 0.1) is 18.6 Å². The number of benzene rings is 3. The van der Waals surface area contributed by atoms with Crippen LogP contribution in [0.15, 0.2) is 66.2 Å². The largest absolute Gasteiger partial charge is 0.450 e. The lowest BCUT2D eigenvalue weighted by atomic mass is 9.56. The molecule has 2 spiro atoms. The average Bonchev–Trinajstić information content (AvgIpc) is 3.40. The Morgan fingerprint density at radius 1 is 1.02 bits per heavy atom. The van der Waals surface area contributed by atoms with Gasteiger partial charge in [-0.05, 0) is 49.9 Å². The number of piperidine rings is 1. The van der Waals surface area contributed by atoms with E-state index in [1.807, 2.05) is 0 Å². The number of halogens is 4. The van der Waals surface area contributed by atoms with Crippen LogP contribution in [0.5, 0.6) is 0 Å². The van der Waals surface area contributed by atoms with Gasteiger partial charge >= 0.3 is 6.09 Å². The van der Waals surface area contributed by atoms with E-state index in [0.717, 1.165) is 18.2 Å². The zero-order valence-electron chi connectivity index (χ0n) is 23.3. The highest BCUT2D eigenvalue weighted by Crippen LogP contribution is 2.64. The molecule has 0 aliphatic carbocycles. The van der Waals surface area contributed by atoms with E-state index in [9.17, 15) is 22.8 Å². The minimum absolute atomic E-state index is 0.00625. The number of ether oxygens (including phenoxy) is 1. The van der Waals surface area contributed by atoms with Crippen molar-refractivity contribution >= 4 is 29.5 Å². The van der Waals surface area contributed by atoms with Crippen molar-refractivity contribution in [2.24, 2.45) is 5.41 Å². The predicted octanol–water partition coefficient (Wildman–Crippen LogP) is 5.23. The number of nitrogens with zero attached hydrogens (tertiary/aromatic N) is 2.